The zero-order valence-electron chi connectivity index (χ0n) is 8.90. The van der Waals surface area contributed by atoms with Crippen LogP contribution in [-0.4, -0.2) is 35.6 Å². The number of aliphatic carboxylic acids is 1. The van der Waals surface area contributed by atoms with Crippen LogP contribution in [0.5, 0.6) is 0 Å². The van der Waals surface area contributed by atoms with Crippen molar-refractivity contribution in [2.45, 2.75) is 6.42 Å². The highest BCUT2D eigenvalue weighted by Gasteiger charge is 2.31. The lowest BCUT2D eigenvalue weighted by molar-refractivity contribution is -0.147. The van der Waals surface area contributed by atoms with E-state index in [2.05, 4.69) is 4.90 Å². The van der Waals surface area contributed by atoms with Gasteiger partial charge < -0.3 is 10.0 Å². The summed E-state index contributed by atoms with van der Waals surface area (Å²) in [4.78, 5) is 12.8. The van der Waals surface area contributed by atoms with E-state index in [4.69, 9.17) is 16.7 Å². The molecule has 1 fully saturated rings. The van der Waals surface area contributed by atoms with E-state index >= 15 is 0 Å². The van der Waals surface area contributed by atoms with E-state index in [-0.39, 0.29) is 5.92 Å². The third-order valence-corrected chi connectivity index (χ3v) is 3.19. The van der Waals surface area contributed by atoms with E-state index in [9.17, 15) is 4.79 Å². The van der Waals surface area contributed by atoms with Crippen molar-refractivity contribution in [1.82, 2.24) is 4.90 Å². The number of hydrogen-bond donors (Lipinski definition) is 1. The Kier molecular flexibility index (Phi) is 3.46. The van der Waals surface area contributed by atoms with Crippen LogP contribution in [0.4, 0.5) is 0 Å². The summed E-state index contributed by atoms with van der Waals surface area (Å²) in [6, 6.07) is 7.79. The maximum absolute atomic E-state index is 10.6. The average molecular weight is 240 g/mol. The van der Waals surface area contributed by atoms with Crippen LogP contribution in [-0.2, 0) is 11.2 Å². The van der Waals surface area contributed by atoms with Crippen LogP contribution >= 0.6 is 11.6 Å². The minimum atomic E-state index is -0.678. The molecule has 0 saturated carbocycles. The largest absolute Gasteiger partial charge is 0.481 e. The van der Waals surface area contributed by atoms with Crippen LogP contribution < -0.4 is 0 Å². The van der Waals surface area contributed by atoms with Gasteiger partial charge >= 0.3 is 5.97 Å². The molecule has 0 spiro atoms. The summed E-state index contributed by atoms with van der Waals surface area (Å²) in [5.74, 6) is -0.840. The highest BCUT2D eigenvalue weighted by molar-refractivity contribution is 6.30. The lowest BCUT2D eigenvalue weighted by Gasteiger charge is -2.36. The zero-order chi connectivity index (χ0) is 11.5. The number of benzene rings is 1. The van der Waals surface area contributed by atoms with Crippen molar-refractivity contribution in [2.75, 3.05) is 19.6 Å². The quantitative estimate of drug-likeness (QED) is 0.873. The lowest BCUT2D eigenvalue weighted by atomic mass is 10.00. The van der Waals surface area contributed by atoms with Gasteiger partial charge in [0, 0.05) is 24.7 Å². The summed E-state index contributed by atoms with van der Waals surface area (Å²) >= 11 is 5.79. The molecule has 1 saturated heterocycles. The van der Waals surface area contributed by atoms with Crippen LogP contribution in [0.2, 0.25) is 5.02 Å². The molecule has 3 nitrogen and oxygen atoms in total. The second kappa shape index (κ2) is 4.85. The SMILES string of the molecule is O=C(O)C1CN(CCc2ccc(Cl)cc2)C1. The number of carboxylic acids is 1. The molecule has 0 radical (unpaired) electrons. The molecular weight excluding hydrogens is 226 g/mol. The molecule has 1 N–H and O–H groups in total. The normalized spacial score (nSPS) is 17.1. The highest BCUT2D eigenvalue weighted by Crippen LogP contribution is 2.16. The van der Waals surface area contributed by atoms with Gasteiger partial charge in [-0.1, -0.05) is 23.7 Å². The molecule has 2 rings (SSSR count). The first-order chi connectivity index (χ1) is 7.65. The number of carbonyl (C=O) groups is 1. The Morgan fingerprint density at radius 2 is 2.00 bits per heavy atom. The van der Waals surface area contributed by atoms with Gasteiger partial charge in [0.05, 0.1) is 5.92 Å². The van der Waals surface area contributed by atoms with Crippen LogP contribution in [0.15, 0.2) is 24.3 Å². The van der Waals surface area contributed by atoms with Gasteiger partial charge in [-0.25, -0.2) is 0 Å². The van der Waals surface area contributed by atoms with Crippen molar-refractivity contribution in [3.63, 3.8) is 0 Å². The van der Waals surface area contributed by atoms with E-state index in [1.165, 1.54) is 5.56 Å². The minimum Gasteiger partial charge on any atom is -0.481 e. The summed E-state index contributed by atoms with van der Waals surface area (Å²) in [7, 11) is 0. The number of rotatable bonds is 4. The van der Waals surface area contributed by atoms with Crippen molar-refractivity contribution in [3.05, 3.63) is 34.9 Å². The molecule has 1 aliphatic heterocycles. The van der Waals surface area contributed by atoms with Crippen molar-refractivity contribution in [1.29, 1.82) is 0 Å². The van der Waals surface area contributed by atoms with Gasteiger partial charge in [0.25, 0.3) is 0 Å². The molecule has 16 heavy (non-hydrogen) atoms. The Labute approximate surface area is 99.6 Å². The number of hydrogen-bond acceptors (Lipinski definition) is 2. The third-order valence-electron chi connectivity index (χ3n) is 2.94. The van der Waals surface area contributed by atoms with Gasteiger partial charge in [-0.05, 0) is 24.1 Å². The predicted molar refractivity (Wildman–Crippen MR) is 62.7 cm³/mol. The van der Waals surface area contributed by atoms with Crippen LogP contribution in [0.1, 0.15) is 5.56 Å². The molecule has 1 aromatic carbocycles. The number of likely N-dealkylation sites (tertiary alicyclic amines) is 1. The standard InChI is InChI=1S/C12H14ClNO2/c13-11-3-1-9(2-4-11)5-6-14-7-10(8-14)12(15)16/h1-4,10H,5-8H2,(H,15,16). The second-order valence-corrected chi connectivity index (χ2v) is 4.61. The fourth-order valence-electron chi connectivity index (χ4n) is 1.85. The molecule has 0 atom stereocenters. The van der Waals surface area contributed by atoms with E-state index in [0.717, 1.165) is 18.0 Å². The summed E-state index contributed by atoms with van der Waals surface area (Å²) in [5.41, 5.74) is 1.24. The Morgan fingerprint density at radius 3 is 2.56 bits per heavy atom. The maximum atomic E-state index is 10.6. The van der Waals surface area contributed by atoms with Crippen molar-refractivity contribution in [2.24, 2.45) is 5.92 Å². The third kappa shape index (κ3) is 2.74. The van der Waals surface area contributed by atoms with Gasteiger partial charge in [0.1, 0.15) is 0 Å². The van der Waals surface area contributed by atoms with Gasteiger partial charge in [-0.2, -0.15) is 0 Å². The molecule has 0 amide bonds. The van der Waals surface area contributed by atoms with Crippen LogP contribution in [0.3, 0.4) is 0 Å². The monoisotopic (exact) mass is 239 g/mol. The average Bonchev–Trinajstić information content (AvgIpc) is 2.18. The van der Waals surface area contributed by atoms with E-state index in [1.807, 2.05) is 24.3 Å². The van der Waals surface area contributed by atoms with E-state index in [0.29, 0.717) is 13.1 Å². The van der Waals surface area contributed by atoms with Crippen LogP contribution in [0.25, 0.3) is 0 Å². The molecule has 1 aliphatic rings. The second-order valence-electron chi connectivity index (χ2n) is 4.17. The Balaban J connectivity index is 1.73. The first-order valence-electron chi connectivity index (χ1n) is 5.35. The topological polar surface area (TPSA) is 40.5 Å². The molecular formula is C12H14ClNO2. The Hall–Kier alpha value is -1.06. The summed E-state index contributed by atoms with van der Waals surface area (Å²) in [6.45, 7) is 2.29. The zero-order valence-corrected chi connectivity index (χ0v) is 9.65. The van der Waals surface area contributed by atoms with Crippen molar-refractivity contribution in [3.8, 4) is 0 Å². The van der Waals surface area contributed by atoms with E-state index < -0.39 is 5.97 Å². The van der Waals surface area contributed by atoms with Crippen LogP contribution in [0, 0.1) is 5.92 Å². The highest BCUT2D eigenvalue weighted by atomic mass is 35.5. The molecule has 0 bridgehead atoms. The first kappa shape index (κ1) is 11.4. The molecule has 1 aromatic rings. The lowest BCUT2D eigenvalue weighted by Crippen LogP contribution is -2.50. The number of carboxylic acid groups (broad SMARTS) is 1. The van der Waals surface area contributed by atoms with Gasteiger partial charge in [-0.15, -0.1) is 0 Å². The van der Waals surface area contributed by atoms with Crippen molar-refractivity contribution < 1.29 is 9.90 Å². The predicted octanol–water partition coefficient (Wildman–Crippen LogP) is 1.90. The minimum absolute atomic E-state index is 0.162. The summed E-state index contributed by atoms with van der Waals surface area (Å²) in [5, 5.41) is 9.47. The van der Waals surface area contributed by atoms with Gasteiger partial charge in [-0.3, -0.25) is 4.79 Å². The smallest absolute Gasteiger partial charge is 0.309 e. The number of halogens is 1. The molecule has 0 unspecified atom stereocenters. The fraction of sp³-hybridized carbons (Fsp3) is 0.417. The van der Waals surface area contributed by atoms with Gasteiger partial charge in [0.15, 0.2) is 0 Å². The molecule has 86 valence electrons. The molecule has 4 heteroatoms. The fourth-order valence-corrected chi connectivity index (χ4v) is 1.97. The number of nitrogens with zero attached hydrogens (tertiary/aromatic N) is 1. The molecule has 1 heterocycles. The summed E-state index contributed by atoms with van der Waals surface area (Å²) in [6.07, 6.45) is 0.948. The van der Waals surface area contributed by atoms with E-state index in [1.54, 1.807) is 0 Å². The first-order valence-corrected chi connectivity index (χ1v) is 5.72. The van der Waals surface area contributed by atoms with Gasteiger partial charge in [0.2, 0.25) is 0 Å². The molecule has 0 aromatic heterocycles. The Bertz CT molecular complexity index is 371. The Morgan fingerprint density at radius 1 is 1.38 bits per heavy atom. The maximum Gasteiger partial charge on any atom is 0.309 e. The molecule has 0 aliphatic carbocycles. The van der Waals surface area contributed by atoms with Crippen molar-refractivity contribution >= 4 is 17.6 Å². The summed E-state index contributed by atoms with van der Waals surface area (Å²) < 4.78 is 0.